The van der Waals surface area contributed by atoms with Gasteiger partial charge < -0.3 is 4.90 Å². The number of thioether (sulfide) groups is 1. The standard InChI is InChI=1S/C21H20FN3O2S/c1-13-7-8-14-11-15(22)9-10-18(14)25(13)19(26)12-28-21-23-17-6-4-3-5-16(17)20(27)24(21)2/h3-6,9-11,13H,7-8,12H2,1-2H3/t13-/m0/s1. The number of carbonyl (C=O) groups excluding carboxylic acids is 1. The highest BCUT2D eigenvalue weighted by atomic mass is 32.2. The second-order valence-corrected chi connectivity index (χ2v) is 7.93. The number of hydrogen-bond donors (Lipinski definition) is 0. The minimum atomic E-state index is -0.287. The highest BCUT2D eigenvalue weighted by molar-refractivity contribution is 7.99. The van der Waals surface area contributed by atoms with Crippen molar-refractivity contribution < 1.29 is 9.18 Å². The normalized spacial score (nSPS) is 16.2. The van der Waals surface area contributed by atoms with Gasteiger partial charge in [-0.25, -0.2) is 9.37 Å². The molecule has 0 radical (unpaired) electrons. The van der Waals surface area contributed by atoms with Crippen LogP contribution in [0.15, 0.2) is 52.4 Å². The minimum absolute atomic E-state index is 0.0412. The maximum Gasteiger partial charge on any atom is 0.261 e. The van der Waals surface area contributed by atoms with E-state index in [1.807, 2.05) is 13.0 Å². The van der Waals surface area contributed by atoms with E-state index >= 15 is 0 Å². The fourth-order valence-corrected chi connectivity index (χ4v) is 4.45. The van der Waals surface area contributed by atoms with Gasteiger partial charge in [0.15, 0.2) is 5.16 Å². The zero-order chi connectivity index (χ0) is 19.8. The van der Waals surface area contributed by atoms with Gasteiger partial charge in [0.1, 0.15) is 5.82 Å². The Kier molecular flexibility index (Phi) is 4.93. The smallest absolute Gasteiger partial charge is 0.261 e. The summed E-state index contributed by atoms with van der Waals surface area (Å²) in [7, 11) is 1.66. The first-order valence-electron chi connectivity index (χ1n) is 9.15. The Morgan fingerprint density at radius 2 is 2.07 bits per heavy atom. The van der Waals surface area contributed by atoms with Gasteiger partial charge in [-0.2, -0.15) is 0 Å². The number of anilines is 1. The molecule has 0 aliphatic carbocycles. The van der Waals surface area contributed by atoms with E-state index in [1.54, 1.807) is 36.2 Å². The van der Waals surface area contributed by atoms with Crippen molar-refractivity contribution in [2.24, 2.45) is 7.05 Å². The van der Waals surface area contributed by atoms with Crippen LogP contribution in [0.2, 0.25) is 0 Å². The molecular formula is C21H20FN3O2S. The monoisotopic (exact) mass is 397 g/mol. The molecule has 0 saturated carbocycles. The molecule has 0 spiro atoms. The van der Waals surface area contributed by atoms with E-state index in [2.05, 4.69) is 4.98 Å². The zero-order valence-corrected chi connectivity index (χ0v) is 16.5. The Labute approximate surface area is 166 Å². The highest BCUT2D eigenvalue weighted by Crippen LogP contribution is 2.32. The third kappa shape index (κ3) is 3.30. The van der Waals surface area contributed by atoms with E-state index in [4.69, 9.17) is 0 Å². The van der Waals surface area contributed by atoms with Gasteiger partial charge in [0.2, 0.25) is 5.91 Å². The molecule has 144 valence electrons. The number of hydrogen-bond acceptors (Lipinski definition) is 4. The van der Waals surface area contributed by atoms with Gasteiger partial charge in [-0.05, 0) is 55.7 Å². The van der Waals surface area contributed by atoms with Crippen LogP contribution in [0.4, 0.5) is 10.1 Å². The van der Waals surface area contributed by atoms with E-state index in [1.165, 1.54) is 28.5 Å². The molecule has 7 heteroatoms. The maximum absolute atomic E-state index is 13.6. The van der Waals surface area contributed by atoms with Crippen LogP contribution >= 0.6 is 11.8 Å². The van der Waals surface area contributed by atoms with Crippen molar-refractivity contribution in [3.05, 3.63) is 64.2 Å². The number of benzene rings is 2. The van der Waals surface area contributed by atoms with Crippen LogP contribution in [0.1, 0.15) is 18.9 Å². The summed E-state index contributed by atoms with van der Waals surface area (Å²) < 4.78 is 15.0. The predicted molar refractivity (Wildman–Crippen MR) is 109 cm³/mol. The summed E-state index contributed by atoms with van der Waals surface area (Å²) in [6.45, 7) is 2.00. The van der Waals surface area contributed by atoms with Gasteiger partial charge in [0.05, 0.1) is 16.7 Å². The molecule has 2 heterocycles. The number of halogens is 1. The largest absolute Gasteiger partial charge is 0.309 e. The summed E-state index contributed by atoms with van der Waals surface area (Å²) in [5.74, 6) is -0.210. The molecule has 0 fully saturated rings. The lowest BCUT2D eigenvalue weighted by atomic mass is 9.96. The van der Waals surface area contributed by atoms with Gasteiger partial charge in [-0.15, -0.1) is 0 Å². The predicted octanol–water partition coefficient (Wildman–Crippen LogP) is 3.53. The molecule has 1 atom stereocenters. The third-order valence-electron chi connectivity index (χ3n) is 5.11. The first-order chi connectivity index (χ1) is 13.5. The Hall–Kier alpha value is -2.67. The topological polar surface area (TPSA) is 55.2 Å². The summed E-state index contributed by atoms with van der Waals surface area (Å²) in [6, 6.07) is 11.8. The first-order valence-corrected chi connectivity index (χ1v) is 10.1. The van der Waals surface area contributed by atoms with Crippen LogP contribution in [0, 0.1) is 5.82 Å². The Bertz CT molecular complexity index is 1130. The van der Waals surface area contributed by atoms with E-state index in [-0.39, 0.29) is 29.1 Å². The van der Waals surface area contributed by atoms with E-state index < -0.39 is 0 Å². The lowest BCUT2D eigenvalue weighted by molar-refractivity contribution is -0.116. The Balaban J connectivity index is 1.59. The van der Waals surface area contributed by atoms with Crippen molar-refractivity contribution in [1.82, 2.24) is 9.55 Å². The first kappa shape index (κ1) is 18.7. The zero-order valence-electron chi connectivity index (χ0n) is 15.7. The third-order valence-corrected chi connectivity index (χ3v) is 6.12. The van der Waals surface area contributed by atoms with Crippen LogP contribution in [0.3, 0.4) is 0 Å². The average Bonchev–Trinajstić information content (AvgIpc) is 2.69. The SMILES string of the molecule is C[C@H]1CCc2cc(F)ccc2N1C(=O)CSc1nc2ccccc2c(=O)n1C. The Morgan fingerprint density at radius 1 is 1.29 bits per heavy atom. The molecule has 1 aliphatic heterocycles. The van der Waals surface area contributed by atoms with E-state index in [9.17, 15) is 14.0 Å². The van der Waals surface area contributed by atoms with Crippen LogP contribution in [0.25, 0.3) is 10.9 Å². The van der Waals surface area contributed by atoms with Gasteiger partial charge in [0.25, 0.3) is 5.56 Å². The second-order valence-electron chi connectivity index (χ2n) is 6.99. The summed E-state index contributed by atoms with van der Waals surface area (Å²) in [5.41, 5.74) is 2.11. The van der Waals surface area contributed by atoms with Crippen LogP contribution in [0.5, 0.6) is 0 Å². The molecule has 5 nitrogen and oxygen atoms in total. The number of aryl methyl sites for hydroxylation is 1. The number of aromatic nitrogens is 2. The fraction of sp³-hybridized carbons (Fsp3) is 0.286. The van der Waals surface area contributed by atoms with Crippen molar-refractivity contribution >= 4 is 34.3 Å². The summed E-state index contributed by atoms with van der Waals surface area (Å²) in [6.07, 6.45) is 1.55. The van der Waals surface area contributed by atoms with Crippen molar-refractivity contribution in [3.8, 4) is 0 Å². The molecule has 1 aliphatic rings. The molecule has 3 aromatic rings. The molecule has 0 N–H and O–H groups in total. The fourth-order valence-electron chi connectivity index (χ4n) is 3.62. The molecule has 2 aromatic carbocycles. The molecule has 28 heavy (non-hydrogen) atoms. The van der Waals surface area contributed by atoms with Gasteiger partial charge in [-0.1, -0.05) is 23.9 Å². The molecule has 4 rings (SSSR count). The molecular weight excluding hydrogens is 377 g/mol. The lowest BCUT2D eigenvalue weighted by Crippen LogP contribution is -2.43. The molecule has 0 saturated heterocycles. The Morgan fingerprint density at radius 3 is 2.89 bits per heavy atom. The van der Waals surface area contributed by atoms with E-state index in [0.717, 1.165) is 24.1 Å². The van der Waals surface area contributed by atoms with Crippen molar-refractivity contribution in [3.63, 3.8) is 0 Å². The van der Waals surface area contributed by atoms with Crippen molar-refractivity contribution in [1.29, 1.82) is 0 Å². The van der Waals surface area contributed by atoms with Gasteiger partial charge in [0, 0.05) is 18.8 Å². The number of fused-ring (bicyclic) bond motifs is 2. The number of nitrogens with zero attached hydrogens (tertiary/aromatic N) is 3. The summed E-state index contributed by atoms with van der Waals surface area (Å²) >= 11 is 1.24. The van der Waals surface area contributed by atoms with E-state index in [0.29, 0.717) is 16.1 Å². The summed E-state index contributed by atoms with van der Waals surface area (Å²) in [5, 5.41) is 1.06. The quantitative estimate of drug-likeness (QED) is 0.501. The van der Waals surface area contributed by atoms with Crippen LogP contribution in [-0.2, 0) is 18.3 Å². The second kappa shape index (κ2) is 7.39. The van der Waals surface area contributed by atoms with Crippen LogP contribution in [-0.4, -0.2) is 27.3 Å². The van der Waals surface area contributed by atoms with Gasteiger partial charge >= 0.3 is 0 Å². The minimum Gasteiger partial charge on any atom is -0.309 e. The lowest BCUT2D eigenvalue weighted by Gasteiger charge is -2.35. The molecule has 1 amide bonds. The van der Waals surface area contributed by atoms with Crippen LogP contribution < -0.4 is 10.5 Å². The van der Waals surface area contributed by atoms with Crippen molar-refractivity contribution in [2.75, 3.05) is 10.7 Å². The summed E-state index contributed by atoms with van der Waals surface area (Å²) in [4.78, 5) is 31.8. The van der Waals surface area contributed by atoms with Gasteiger partial charge in [-0.3, -0.25) is 14.2 Å². The van der Waals surface area contributed by atoms with Crippen molar-refractivity contribution in [2.45, 2.75) is 31.0 Å². The average molecular weight is 397 g/mol. The highest BCUT2D eigenvalue weighted by Gasteiger charge is 2.28. The number of para-hydroxylation sites is 1. The number of rotatable bonds is 3. The molecule has 0 bridgehead atoms. The molecule has 1 aromatic heterocycles. The number of carbonyl (C=O) groups is 1. The number of amides is 1. The molecule has 0 unspecified atom stereocenters. The maximum atomic E-state index is 13.6.